The monoisotopic (exact) mass is 185 g/mol. The SMILES string of the molecule is CN(C)C(=O)N1CCNC(=O)CC1. The lowest BCUT2D eigenvalue weighted by Crippen LogP contribution is -2.41. The van der Waals surface area contributed by atoms with Gasteiger partial charge in [0.2, 0.25) is 5.91 Å². The highest BCUT2D eigenvalue weighted by atomic mass is 16.2. The molecule has 0 aromatic carbocycles. The number of rotatable bonds is 0. The average molecular weight is 185 g/mol. The van der Waals surface area contributed by atoms with E-state index in [0.717, 1.165) is 0 Å². The molecule has 5 nitrogen and oxygen atoms in total. The molecule has 1 aliphatic rings. The second-order valence-corrected chi connectivity index (χ2v) is 3.26. The highest BCUT2D eigenvalue weighted by Crippen LogP contribution is 1.99. The van der Waals surface area contributed by atoms with Crippen molar-refractivity contribution in [1.29, 1.82) is 0 Å². The van der Waals surface area contributed by atoms with E-state index < -0.39 is 0 Å². The number of carbonyl (C=O) groups excluding carboxylic acids is 2. The van der Waals surface area contributed by atoms with Crippen LogP contribution in [0.15, 0.2) is 0 Å². The Bertz CT molecular complexity index is 215. The highest BCUT2D eigenvalue weighted by Gasteiger charge is 2.18. The Morgan fingerprint density at radius 3 is 2.77 bits per heavy atom. The van der Waals surface area contributed by atoms with Crippen LogP contribution in [-0.4, -0.2) is 55.5 Å². The van der Waals surface area contributed by atoms with Crippen LogP contribution >= 0.6 is 0 Å². The van der Waals surface area contributed by atoms with Crippen molar-refractivity contribution in [2.24, 2.45) is 0 Å². The number of urea groups is 1. The lowest BCUT2D eigenvalue weighted by atomic mass is 10.4. The molecule has 0 aromatic heterocycles. The van der Waals surface area contributed by atoms with Crippen molar-refractivity contribution in [2.75, 3.05) is 33.7 Å². The largest absolute Gasteiger partial charge is 0.354 e. The van der Waals surface area contributed by atoms with E-state index >= 15 is 0 Å². The minimum Gasteiger partial charge on any atom is -0.354 e. The molecule has 0 saturated carbocycles. The molecule has 5 heteroatoms. The van der Waals surface area contributed by atoms with Gasteiger partial charge in [0, 0.05) is 40.2 Å². The molecule has 0 atom stereocenters. The summed E-state index contributed by atoms with van der Waals surface area (Å²) in [5.74, 6) is 0.0223. The third-order valence-electron chi connectivity index (χ3n) is 1.97. The predicted octanol–water partition coefficient (Wildman–Crippen LogP) is -0.510. The van der Waals surface area contributed by atoms with E-state index in [-0.39, 0.29) is 11.9 Å². The van der Waals surface area contributed by atoms with E-state index in [1.54, 1.807) is 19.0 Å². The molecule has 13 heavy (non-hydrogen) atoms. The van der Waals surface area contributed by atoms with Crippen LogP contribution in [0.25, 0.3) is 0 Å². The van der Waals surface area contributed by atoms with E-state index in [0.29, 0.717) is 26.1 Å². The number of carbonyl (C=O) groups is 2. The van der Waals surface area contributed by atoms with Gasteiger partial charge in [-0.3, -0.25) is 4.79 Å². The summed E-state index contributed by atoms with van der Waals surface area (Å²) in [6, 6.07) is -0.0310. The second-order valence-electron chi connectivity index (χ2n) is 3.26. The summed E-state index contributed by atoms with van der Waals surface area (Å²) in [5, 5.41) is 2.72. The normalized spacial score (nSPS) is 17.7. The lowest BCUT2D eigenvalue weighted by Gasteiger charge is -2.23. The molecule has 0 unspecified atom stereocenters. The van der Waals surface area contributed by atoms with Gasteiger partial charge in [-0.05, 0) is 0 Å². The topological polar surface area (TPSA) is 52.7 Å². The third-order valence-corrected chi connectivity index (χ3v) is 1.97. The Morgan fingerprint density at radius 2 is 2.15 bits per heavy atom. The average Bonchev–Trinajstić information content (AvgIpc) is 2.28. The Labute approximate surface area is 77.7 Å². The van der Waals surface area contributed by atoms with Gasteiger partial charge in [-0.2, -0.15) is 0 Å². The molecular formula is C8H15N3O2. The molecule has 1 saturated heterocycles. The first-order chi connectivity index (χ1) is 6.11. The smallest absolute Gasteiger partial charge is 0.319 e. The molecule has 1 fully saturated rings. The van der Waals surface area contributed by atoms with Crippen LogP contribution in [0.1, 0.15) is 6.42 Å². The number of amides is 3. The maximum absolute atomic E-state index is 11.5. The molecule has 74 valence electrons. The molecule has 0 radical (unpaired) electrons. The molecule has 0 aromatic rings. The molecule has 0 aliphatic carbocycles. The van der Waals surface area contributed by atoms with Crippen LogP contribution < -0.4 is 5.32 Å². The van der Waals surface area contributed by atoms with Crippen molar-refractivity contribution in [3.05, 3.63) is 0 Å². The maximum Gasteiger partial charge on any atom is 0.319 e. The molecule has 1 heterocycles. The van der Waals surface area contributed by atoms with Crippen LogP contribution in [0, 0.1) is 0 Å². The van der Waals surface area contributed by atoms with E-state index in [2.05, 4.69) is 5.32 Å². The van der Waals surface area contributed by atoms with Gasteiger partial charge in [0.15, 0.2) is 0 Å². The first-order valence-corrected chi connectivity index (χ1v) is 4.34. The molecule has 1 N–H and O–H groups in total. The molecular weight excluding hydrogens is 170 g/mol. The zero-order valence-corrected chi connectivity index (χ0v) is 8.04. The Morgan fingerprint density at radius 1 is 1.46 bits per heavy atom. The highest BCUT2D eigenvalue weighted by molar-refractivity contribution is 5.79. The summed E-state index contributed by atoms with van der Waals surface area (Å²) in [5.41, 5.74) is 0. The molecule has 3 amide bonds. The zero-order chi connectivity index (χ0) is 9.84. The number of nitrogens with one attached hydrogen (secondary N) is 1. The number of hydrogen-bond donors (Lipinski definition) is 1. The van der Waals surface area contributed by atoms with Crippen LogP contribution in [0.4, 0.5) is 4.79 Å². The van der Waals surface area contributed by atoms with Crippen molar-refractivity contribution in [3.8, 4) is 0 Å². The van der Waals surface area contributed by atoms with E-state index in [1.165, 1.54) is 4.90 Å². The summed E-state index contributed by atoms with van der Waals surface area (Å²) in [6.07, 6.45) is 0.402. The zero-order valence-electron chi connectivity index (χ0n) is 8.04. The fraction of sp³-hybridized carbons (Fsp3) is 0.750. The van der Waals surface area contributed by atoms with Crippen LogP contribution in [-0.2, 0) is 4.79 Å². The number of nitrogens with zero attached hydrogens (tertiary/aromatic N) is 2. The lowest BCUT2D eigenvalue weighted by molar-refractivity contribution is -0.120. The van der Waals surface area contributed by atoms with Crippen LogP contribution in [0.2, 0.25) is 0 Å². The standard InChI is InChI=1S/C8H15N3O2/c1-10(2)8(13)11-5-3-7(12)9-4-6-11/h3-6H2,1-2H3,(H,9,12). The van der Waals surface area contributed by atoms with Crippen molar-refractivity contribution < 1.29 is 9.59 Å². The molecule has 1 rings (SSSR count). The maximum atomic E-state index is 11.5. The van der Waals surface area contributed by atoms with Crippen molar-refractivity contribution >= 4 is 11.9 Å². The first-order valence-electron chi connectivity index (χ1n) is 4.34. The Balaban J connectivity index is 2.51. The van der Waals surface area contributed by atoms with Gasteiger partial charge >= 0.3 is 6.03 Å². The van der Waals surface area contributed by atoms with Gasteiger partial charge in [-0.1, -0.05) is 0 Å². The van der Waals surface area contributed by atoms with Crippen molar-refractivity contribution in [3.63, 3.8) is 0 Å². The van der Waals surface area contributed by atoms with Crippen LogP contribution in [0.5, 0.6) is 0 Å². The van der Waals surface area contributed by atoms with Gasteiger partial charge in [-0.15, -0.1) is 0 Å². The van der Waals surface area contributed by atoms with Gasteiger partial charge < -0.3 is 15.1 Å². The van der Waals surface area contributed by atoms with Crippen molar-refractivity contribution in [1.82, 2.24) is 15.1 Å². The molecule has 0 bridgehead atoms. The second kappa shape index (κ2) is 4.11. The fourth-order valence-electron chi connectivity index (χ4n) is 1.24. The summed E-state index contributed by atoms with van der Waals surface area (Å²) in [6.45, 7) is 1.67. The molecule has 1 aliphatic heterocycles. The van der Waals surface area contributed by atoms with Crippen molar-refractivity contribution in [2.45, 2.75) is 6.42 Å². The van der Waals surface area contributed by atoms with Gasteiger partial charge in [-0.25, -0.2) is 4.79 Å². The van der Waals surface area contributed by atoms with E-state index in [9.17, 15) is 9.59 Å². The summed E-state index contributed by atoms with van der Waals surface area (Å²) >= 11 is 0. The summed E-state index contributed by atoms with van der Waals surface area (Å²) < 4.78 is 0. The minimum atomic E-state index is -0.0310. The van der Waals surface area contributed by atoms with Gasteiger partial charge in [0.25, 0.3) is 0 Å². The Kier molecular flexibility index (Phi) is 3.11. The first kappa shape index (κ1) is 9.83. The molecule has 0 spiro atoms. The summed E-state index contributed by atoms with van der Waals surface area (Å²) in [7, 11) is 3.42. The van der Waals surface area contributed by atoms with Gasteiger partial charge in [0.05, 0.1) is 0 Å². The summed E-state index contributed by atoms with van der Waals surface area (Å²) in [4.78, 5) is 25.6. The van der Waals surface area contributed by atoms with Crippen LogP contribution in [0.3, 0.4) is 0 Å². The Hall–Kier alpha value is -1.26. The minimum absolute atomic E-state index is 0.0223. The number of hydrogen-bond acceptors (Lipinski definition) is 2. The third kappa shape index (κ3) is 2.61. The quantitative estimate of drug-likeness (QED) is 0.552. The van der Waals surface area contributed by atoms with E-state index in [4.69, 9.17) is 0 Å². The predicted molar refractivity (Wildman–Crippen MR) is 48.3 cm³/mol. The van der Waals surface area contributed by atoms with Gasteiger partial charge in [0.1, 0.15) is 0 Å². The fourth-order valence-corrected chi connectivity index (χ4v) is 1.24. The van der Waals surface area contributed by atoms with E-state index in [1.807, 2.05) is 0 Å².